The molecule has 0 bridgehead atoms. The Labute approximate surface area is 166 Å². The number of rotatable bonds is 11. The van der Waals surface area contributed by atoms with Gasteiger partial charge in [0.05, 0.1) is 21.1 Å². The van der Waals surface area contributed by atoms with Gasteiger partial charge in [0.1, 0.15) is 0 Å². The van der Waals surface area contributed by atoms with Gasteiger partial charge in [-0.2, -0.15) is 0 Å². The number of nitro benzene ring substituents is 2. The summed E-state index contributed by atoms with van der Waals surface area (Å²) in [5.74, 6) is -0.203. The molecule has 0 aliphatic rings. The third kappa shape index (κ3) is 6.49. The van der Waals surface area contributed by atoms with Gasteiger partial charge in [-0.05, 0) is 14.1 Å². The zero-order valence-electron chi connectivity index (χ0n) is 15.0. The third-order valence-corrected chi connectivity index (χ3v) is 3.96. The van der Waals surface area contributed by atoms with Gasteiger partial charge in [0.2, 0.25) is 0 Å². The number of carbonyl (C=O) groups excluding carboxylic acids is 1. The highest BCUT2D eigenvalue weighted by Crippen LogP contribution is 2.35. The SMILES string of the molecule is CN(C)CCNC(=O)c1cc([N+](=O)[O-])c([N+](=O)[O-])cc1N(CCCl)CCCl. The summed E-state index contributed by atoms with van der Waals surface area (Å²) in [5, 5.41) is 25.2. The van der Waals surface area contributed by atoms with Crippen LogP contribution >= 0.6 is 23.2 Å². The lowest BCUT2D eigenvalue weighted by atomic mass is 10.1. The van der Waals surface area contributed by atoms with Crippen molar-refractivity contribution < 1.29 is 14.6 Å². The van der Waals surface area contributed by atoms with Crippen molar-refractivity contribution in [3.05, 3.63) is 37.9 Å². The molecular formula is C15H21Cl2N5O5. The van der Waals surface area contributed by atoms with Crippen LogP contribution in [-0.4, -0.2) is 72.7 Å². The van der Waals surface area contributed by atoms with Gasteiger partial charge >= 0.3 is 11.4 Å². The summed E-state index contributed by atoms with van der Waals surface area (Å²) in [5.41, 5.74) is -1.32. The predicted molar refractivity (Wildman–Crippen MR) is 104 cm³/mol. The summed E-state index contributed by atoms with van der Waals surface area (Å²) in [6.45, 7) is 1.40. The van der Waals surface area contributed by atoms with Gasteiger partial charge in [0, 0.05) is 50.1 Å². The highest BCUT2D eigenvalue weighted by molar-refractivity contribution is 6.18. The van der Waals surface area contributed by atoms with Crippen molar-refractivity contribution in [2.24, 2.45) is 0 Å². The smallest absolute Gasteiger partial charge is 0.348 e. The zero-order valence-corrected chi connectivity index (χ0v) is 16.5. The molecule has 0 atom stereocenters. The second-order valence-corrected chi connectivity index (χ2v) is 6.55. The van der Waals surface area contributed by atoms with Crippen molar-refractivity contribution in [2.75, 3.05) is 56.9 Å². The van der Waals surface area contributed by atoms with Crippen LogP contribution in [0.2, 0.25) is 0 Å². The van der Waals surface area contributed by atoms with E-state index in [2.05, 4.69) is 5.32 Å². The predicted octanol–water partition coefficient (Wildman–Crippen LogP) is 2.08. The maximum Gasteiger partial charge on any atom is 0.348 e. The van der Waals surface area contributed by atoms with E-state index in [1.165, 1.54) is 0 Å². The quantitative estimate of drug-likeness (QED) is 0.329. The molecule has 0 fully saturated rings. The molecule has 0 aliphatic heterocycles. The lowest BCUT2D eigenvalue weighted by molar-refractivity contribution is -0.422. The van der Waals surface area contributed by atoms with Crippen molar-refractivity contribution >= 4 is 46.2 Å². The van der Waals surface area contributed by atoms with E-state index in [1.807, 2.05) is 19.0 Å². The van der Waals surface area contributed by atoms with E-state index in [1.54, 1.807) is 4.90 Å². The molecular weight excluding hydrogens is 401 g/mol. The standard InChI is InChI=1S/C15H21Cl2N5O5/c1-19(2)8-5-18-15(23)11-9-13(21(24)25)14(22(26)27)10-12(11)20(6-3-16)7-4-17/h9-10H,3-8H2,1-2H3,(H,18,23). The molecule has 1 aromatic rings. The minimum absolute atomic E-state index is 0.0405. The van der Waals surface area contributed by atoms with E-state index in [0.717, 1.165) is 12.1 Å². The highest BCUT2D eigenvalue weighted by Gasteiger charge is 2.30. The first-order valence-corrected chi connectivity index (χ1v) is 9.06. The number of nitrogens with zero attached hydrogens (tertiary/aromatic N) is 4. The minimum atomic E-state index is -0.883. The van der Waals surface area contributed by atoms with E-state index in [9.17, 15) is 25.0 Å². The van der Waals surface area contributed by atoms with Gasteiger partial charge < -0.3 is 15.1 Å². The lowest BCUT2D eigenvalue weighted by Gasteiger charge is -2.25. The van der Waals surface area contributed by atoms with Gasteiger partial charge in [-0.15, -0.1) is 23.2 Å². The molecule has 1 amide bonds. The normalized spacial score (nSPS) is 10.7. The van der Waals surface area contributed by atoms with Crippen LogP contribution < -0.4 is 10.2 Å². The molecule has 1 rings (SSSR count). The van der Waals surface area contributed by atoms with Crippen molar-refractivity contribution in [1.82, 2.24) is 10.2 Å². The molecule has 0 radical (unpaired) electrons. The molecule has 0 aliphatic carbocycles. The second-order valence-electron chi connectivity index (χ2n) is 5.80. The number of anilines is 1. The van der Waals surface area contributed by atoms with E-state index in [4.69, 9.17) is 23.2 Å². The largest absolute Gasteiger partial charge is 0.368 e. The Morgan fingerprint density at radius 1 is 1.04 bits per heavy atom. The van der Waals surface area contributed by atoms with Crippen molar-refractivity contribution in [2.45, 2.75) is 0 Å². The summed E-state index contributed by atoms with van der Waals surface area (Å²) in [6, 6.07) is 1.95. The van der Waals surface area contributed by atoms with Crippen molar-refractivity contribution in [1.29, 1.82) is 0 Å². The first-order chi connectivity index (χ1) is 12.7. The van der Waals surface area contributed by atoms with Crippen LogP contribution in [0.25, 0.3) is 0 Å². The molecule has 12 heteroatoms. The molecule has 27 heavy (non-hydrogen) atoms. The van der Waals surface area contributed by atoms with Crippen LogP contribution in [0.3, 0.4) is 0 Å². The topological polar surface area (TPSA) is 122 Å². The number of carbonyl (C=O) groups is 1. The number of nitrogens with one attached hydrogen (secondary N) is 1. The Morgan fingerprint density at radius 3 is 2.00 bits per heavy atom. The molecule has 10 nitrogen and oxygen atoms in total. The molecule has 0 aromatic heterocycles. The molecule has 0 saturated heterocycles. The molecule has 1 N–H and O–H groups in total. The number of nitro groups is 2. The lowest BCUT2D eigenvalue weighted by Crippen LogP contribution is -2.34. The third-order valence-electron chi connectivity index (χ3n) is 3.63. The molecule has 0 unspecified atom stereocenters. The molecule has 1 aromatic carbocycles. The minimum Gasteiger partial charge on any atom is -0.368 e. The van der Waals surface area contributed by atoms with Crippen LogP contribution in [0.1, 0.15) is 10.4 Å². The van der Waals surface area contributed by atoms with E-state index >= 15 is 0 Å². The Balaban J connectivity index is 3.45. The number of alkyl halides is 2. The number of benzene rings is 1. The summed E-state index contributed by atoms with van der Waals surface area (Å²) in [6.07, 6.45) is 0. The molecule has 0 heterocycles. The Morgan fingerprint density at radius 2 is 1.56 bits per heavy atom. The Hall–Kier alpha value is -2.17. The van der Waals surface area contributed by atoms with Gasteiger partial charge in [0.25, 0.3) is 5.91 Å². The fraction of sp³-hybridized carbons (Fsp3) is 0.533. The maximum atomic E-state index is 12.6. The highest BCUT2D eigenvalue weighted by atomic mass is 35.5. The zero-order chi connectivity index (χ0) is 20.6. The van der Waals surface area contributed by atoms with Gasteiger partial charge in [0.15, 0.2) is 0 Å². The van der Waals surface area contributed by atoms with Gasteiger partial charge in [-0.1, -0.05) is 0 Å². The molecule has 150 valence electrons. The first-order valence-electron chi connectivity index (χ1n) is 7.99. The number of amides is 1. The summed E-state index contributed by atoms with van der Waals surface area (Å²) in [4.78, 5) is 36.8. The van der Waals surface area contributed by atoms with Crippen LogP contribution in [0.15, 0.2) is 12.1 Å². The monoisotopic (exact) mass is 421 g/mol. The second kappa shape index (κ2) is 10.9. The van der Waals surface area contributed by atoms with E-state index in [-0.39, 0.29) is 36.1 Å². The summed E-state index contributed by atoms with van der Waals surface area (Å²) in [7, 11) is 3.66. The summed E-state index contributed by atoms with van der Waals surface area (Å²) < 4.78 is 0. The van der Waals surface area contributed by atoms with Crippen LogP contribution in [-0.2, 0) is 0 Å². The van der Waals surface area contributed by atoms with Crippen molar-refractivity contribution in [3.63, 3.8) is 0 Å². The fourth-order valence-corrected chi connectivity index (χ4v) is 2.75. The van der Waals surface area contributed by atoms with Gasteiger partial charge in [-0.25, -0.2) is 0 Å². The fourth-order valence-electron chi connectivity index (χ4n) is 2.35. The Kier molecular flexibility index (Phi) is 9.19. The van der Waals surface area contributed by atoms with Crippen molar-refractivity contribution in [3.8, 4) is 0 Å². The molecule has 0 spiro atoms. The first kappa shape index (κ1) is 22.9. The molecule has 0 saturated carbocycles. The van der Waals surface area contributed by atoms with Crippen LogP contribution in [0, 0.1) is 20.2 Å². The summed E-state index contributed by atoms with van der Waals surface area (Å²) >= 11 is 11.6. The average molecular weight is 422 g/mol. The average Bonchev–Trinajstić information content (AvgIpc) is 2.59. The number of hydrogen-bond acceptors (Lipinski definition) is 7. The van der Waals surface area contributed by atoms with E-state index < -0.39 is 27.1 Å². The number of likely N-dealkylation sites (N-methyl/N-ethyl adjacent to an activating group) is 1. The number of halogens is 2. The van der Waals surface area contributed by atoms with Crippen LogP contribution in [0.5, 0.6) is 0 Å². The Bertz CT molecular complexity index is 695. The van der Waals surface area contributed by atoms with E-state index in [0.29, 0.717) is 13.1 Å². The maximum absolute atomic E-state index is 12.6. The van der Waals surface area contributed by atoms with Gasteiger partial charge in [-0.3, -0.25) is 25.0 Å². The number of hydrogen-bond donors (Lipinski definition) is 1. The van der Waals surface area contributed by atoms with Crippen LogP contribution in [0.4, 0.5) is 17.1 Å².